The van der Waals surface area contributed by atoms with Gasteiger partial charge in [0.05, 0.1) is 0 Å². The van der Waals surface area contributed by atoms with Crippen LogP contribution in [0.3, 0.4) is 0 Å². The minimum Gasteiger partial charge on any atom is -0.328 e. The smallest absolute Gasteiger partial charge is 0.00656 e. The van der Waals surface area contributed by atoms with Crippen LogP contribution < -0.4 is 11.1 Å². The molecule has 0 aromatic rings. The van der Waals surface area contributed by atoms with Crippen LogP contribution in [-0.2, 0) is 0 Å². The highest BCUT2D eigenvalue weighted by Crippen LogP contribution is 2.04. The van der Waals surface area contributed by atoms with Gasteiger partial charge < -0.3 is 11.1 Å². The number of piperidine rings is 1. The maximum absolute atomic E-state index is 5.69. The monoisotopic (exact) mass is 114 g/mol. The third-order valence-electron chi connectivity index (χ3n) is 1.66. The van der Waals surface area contributed by atoms with Crippen molar-refractivity contribution >= 4 is 0 Å². The summed E-state index contributed by atoms with van der Waals surface area (Å²) in [4.78, 5) is 0. The molecule has 1 rings (SSSR count). The molecular formula is C6H14N2. The molecule has 1 aliphatic rings. The Labute approximate surface area is 50.4 Å². The molecule has 1 fully saturated rings. The maximum atomic E-state index is 5.69. The molecule has 0 amide bonds. The van der Waals surface area contributed by atoms with Crippen molar-refractivity contribution in [3.8, 4) is 0 Å². The zero-order valence-corrected chi connectivity index (χ0v) is 5.35. The minimum absolute atomic E-state index is 0.450. The Morgan fingerprint density at radius 3 is 2.75 bits per heavy atom. The molecule has 2 atom stereocenters. The molecule has 8 heavy (non-hydrogen) atoms. The summed E-state index contributed by atoms with van der Waals surface area (Å²) in [5.74, 6) is 0. The van der Waals surface area contributed by atoms with Crippen LogP contribution in [0.4, 0.5) is 0 Å². The summed E-state index contributed by atoms with van der Waals surface area (Å²) in [6.45, 7) is 3.28. The van der Waals surface area contributed by atoms with Crippen molar-refractivity contribution in [3.05, 3.63) is 0 Å². The van der Waals surface area contributed by atoms with Gasteiger partial charge in [0.1, 0.15) is 0 Å². The van der Waals surface area contributed by atoms with Crippen LogP contribution in [0, 0.1) is 0 Å². The summed E-state index contributed by atoms with van der Waals surface area (Å²) in [5.41, 5.74) is 5.69. The molecule has 48 valence electrons. The second kappa shape index (κ2) is 2.46. The third kappa shape index (κ3) is 1.46. The van der Waals surface area contributed by atoms with Crippen molar-refractivity contribution in [3.63, 3.8) is 0 Å². The Balaban J connectivity index is 2.23. The van der Waals surface area contributed by atoms with Gasteiger partial charge in [-0.25, -0.2) is 0 Å². The van der Waals surface area contributed by atoms with E-state index in [2.05, 4.69) is 12.2 Å². The lowest BCUT2D eigenvalue weighted by Gasteiger charge is -2.24. The van der Waals surface area contributed by atoms with Gasteiger partial charge in [-0.1, -0.05) is 0 Å². The third-order valence-corrected chi connectivity index (χ3v) is 1.66. The highest BCUT2D eigenvalue weighted by atomic mass is 14.9. The molecule has 1 aliphatic heterocycles. The highest BCUT2D eigenvalue weighted by molar-refractivity contribution is 4.76. The van der Waals surface area contributed by atoms with Crippen molar-refractivity contribution in [1.29, 1.82) is 0 Å². The molecule has 1 saturated heterocycles. The summed E-state index contributed by atoms with van der Waals surface area (Å²) in [7, 11) is 0. The molecule has 1 heterocycles. The molecule has 3 N–H and O–H groups in total. The van der Waals surface area contributed by atoms with Crippen molar-refractivity contribution in [1.82, 2.24) is 5.32 Å². The van der Waals surface area contributed by atoms with Crippen molar-refractivity contribution in [2.24, 2.45) is 5.73 Å². The summed E-state index contributed by atoms with van der Waals surface area (Å²) < 4.78 is 0. The van der Waals surface area contributed by atoms with Gasteiger partial charge in [-0.2, -0.15) is 0 Å². The lowest BCUT2D eigenvalue weighted by atomic mass is 10.0. The van der Waals surface area contributed by atoms with E-state index in [0.29, 0.717) is 12.1 Å². The summed E-state index contributed by atoms with van der Waals surface area (Å²) in [6, 6.07) is 1.09. The van der Waals surface area contributed by atoms with E-state index in [9.17, 15) is 0 Å². The van der Waals surface area contributed by atoms with E-state index in [0.717, 1.165) is 19.4 Å². The number of nitrogens with two attached hydrogens (primary N) is 1. The fourth-order valence-electron chi connectivity index (χ4n) is 1.17. The molecule has 0 radical (unpaired) electrons. The Bertz CT molecular complexity index is 64.9. The van der Waals surface area contributed by atoms with E-state index < -0.39 is 0 Å². The molecule has 0 saturated carbocycles. The standard InChI is InChI=1S/C6H14N2/c1-5-4-6(7)2-3-8-5/h5-6,8H,2-4,7H2,1H3/t5-,6?/m1/s1. The Morgan fingerprint density at radius 1 is 1.62 bits per heavy atom. The molecule has 1 unspecified atom stereocenters. The van der Waals surface area contributed by atoms with Gasteiger partial charge in [-0.15, -0.1) is 0 Å². The maximum Gasteiger partial charge on any atom is 0.00656 e. The van der Waals surface area contributed by atoms with Crippen molar-refractivity contribution in [2.75, 3.05) is 6.54 Å². The normalized spacial score (nSPS) is 39.8. The fourth-order valence-corrected chi connectivity index (χ4v) is 1.17. The zero-order chi connectivity index (χ0) is 5.98. The lowest BCUT2D eigenvalue weighted by molar-refractivity contribution is 0.381. The molecule has 2 nitrogen and oxygen atoms in total. The van der Waals surface area contributed by atoms with Gasteiger partial charge in [0.25, 0.3) is 0 Å². The van der Waals surface area contributed by atoms with Crippen LogP contribution in [0.2, 0.25) is 0 Å². The van der Waals surface area contributed by atoms with Gasteiger partial charge in [0, 0.05) is 12.1 Å². The van der Waals surface area contributed by atoms with Crippen LogP contribution in [0.1, 0.15) is 19.8 Å². The molecule has 0 spiro atoms. The van der Waals surface area contributed by atoms with Gasteiger partial charge in [0.2, 0.25) is 0 Å². The number of hydrogen-bond donors (Lipinski definition) is 2. The predicted octanol–water partition coefficient (Wildman–Crippen LogP) is 0.0856. The lowest BCUT2D eigenvalue weighted by Crippen LogP contribution is -2.41. The first-order valence-electron chi connectivity index (χ1n) is 3.28. The quantitative estimate of drug-likeness (QED) is 0.468. The van der Waals surface area contributed by atoms with Gasteiger partial charge in [-0.3, -0.25) is 0 Å². The first-order valence-corrected chi connectivity index (χ1v) is 3.28. The molecule has 0 aromatic carbocycles. The topological polar surface area (TPSA) is 38.0 Å². The van der Waals surface area contributed by atoms with Crippen LogP contribution in [0.25, 0.3) is 0 Å². The highest BCUT2D eigenvalue weighted by Gasteiger charge is 2.12. The Kier molecular flexibility index (Phi) is 1.86. The first kappa shape index (κ1) is 6.05. The molecular weight excluding hydrogens is 100 g/mol. The van der Waals surface area contributed by atoms with Gasteiger partial charge in [-0.05, 0) is 26.3 Å². The molecule has 0 bridgehead atoms. The second-order valence-corrected chi connectivity index (χ2v) is 2.64. The Morgan fingerprint density at radius 2 is 2.38 bits per heavy atom. The predicted molar refractivity (Wildman–Crippen MR) is 34.7 cm³/mol. The number of nitrogens with one attached hydrogen (secondary N) is 1. The second-order valence-electron chi connectivity index (χ2n) is 2.64. The van der Waals surface area contributed by atoms with Crippen molar-refractivity contribution < 1.29 is 0 Å². The van der Waals surface area contributed by atoms with Crippen LogP contribution in [0.15, 0.2) is 0 Å². The number of hydrogen-bond acceptors (Lipinski definition) is 2. The van der Waals surface area contributed by atoms with E-state index in [1.807, 2.05) is 0 Å². The van der Waals surface area contributed by atoms with E-state index in [1.54, 1.807) is 0 Å². The molecule has 0 aromatic heterocycles. The fraction of sp³-hybridized carbons (Fsp3) is 1.00. The zero-order valence-electron chi connectivity index (χ0n) is 5.35. The van der Waals surface area contributed by atoms with E-state index in [-0.39, 0.29) is 0 Å². The van der Waals surface area contributed by atoms with Gasteiger partial charge in [0.15, 0.2) is 0 Å². The van der Waals surface area contributed by atoms with Crippen LogP contribution in [0.5, 0.6) is 0 Å². The minimum atomic E-state index is 0.450. The van der Waals surface area contributed by atoms with Crippen LogP contribution in [-0.4, -0.2) is 18.6 Å². The van der Waals surface area contributed by atoms with Gasteiger partial charge >= 0.3 is 0 Å². The van der Waals surface area contributed by atoms with Crippen molar-refractivity contribution in [2.45, 2.75) is 31.8 Å². The summed E-state index contributed by atoms with van der Waals surface area (Å²) >= 11 is 0. The number of rotatable bonds is 0. The average molecular weight is 114 g/mol. The average Bonchev–Trinajstić information content (AvgIpc) is 1.64. The van der Waals surface area contributed by atoms with Crippen LogP contribution >= 0.6 is 0 Å². The first-order chi connectivity index (χ1) is 3.79. The largest absolute Gasteiger partial charge is 0.328 e. The van der Waals surface area contributed by atoms with E-state index in [4.69, 9.17) is 5.73 Å². The Hall–Kier alpha value is -0.0800. The van der Waals surface area contributed by atoms with E-state index in [1.165, 1.54) is 0 Å². The van der Waals surface area contributed by atoms with E-state index >= 15 is 0 Å². The SMILES string of the molecule is C[C@@H]1CC(N)CCN1. The molecule has 2 heteroatoms. The summed E-state index contributed by atoms with van der Waals surface area (Å²) in [5, 5.41) is 3.33. The summed E-state index contributed by atoms with van der Waals surface area (Å²) in [6.07, 6.45) is 2.28. The molecule has 0 aliphatic carbocycles.